The summed E-state index contributed by atoms with van der Waals surface area (Å²) in [4.78, 5) is 44.0. The van der Waals surface area contributed by atoms with E-state index in [1.54, 1.807) is 35.2 Å². The van der Waals surface area contributed by atoms with Crippen molar-refractivity contribution in [3.63, 3.8) is 0 Å². The van der Waals surface area contributed by atoms with Crippen LogP contribution in [0.1, 0.15) is 29.6 Å². The molecule has 1 aromatic heterocycles. The SMILES string of the molecule is O=C(Cn1c(=O)oc2ccc(C(=O)N3CCCCC3)cc21)N1CCN(c2ccc(F)cc2)CC1. The molecule has 0 atom stereocenters. The lowest BCUT2D eigenvalue weighted by atomic mass is 10.1. The number of benzene rings is 2. The smallest absolute Gasteiger partial charge is 0.408 e. The number of hydrogen-bond acceptors (Lipinski definition) is 5. The zero-order valence-corrected chi connectivity index (χ0v) is 18.9. The van der Waals surface area contributed by atoms with Crippen LogP contribution in [-0.2, 0) is 11.3 Å². The molecule has 0 saturated carbocycles. The Kier molecular flexibility index (Phi) is 6.08. The molecule has 8 nitrogen and oxygen atoms in total. The van der Waals surface area contributed by atoms with Gasteiger partial charge in [0.1, 0.15) is 12.4 Å². The van der Waals surface area contributed by atoms with Crippen molar-refractivity contribution in [3.8, 4) is 0 Å². The molecule has 3 aromatic rings. The second kappa shape index (κ2) is 9.32. The van der Waals surface area contributed by atoms with Crippen molar-refractivity contribution in [2.45, 2.75) is 25.8 Å². The molecule has 2 fully saturated rings. The normalized spacial score (nSPS) is 16.8. The number of piperazine rings is 1. The average Bonchev–Trinajstić information content (AvgIpc) is 3.18. The fourth-order valence-electron chi connectivity index (χ4n) is 4.73. The second-order valence-corrected chi connectivity index (χ2v) is 8.83. The van der Waals surface area contributed by atoms with Crippen LogP contribution in [0.2, 0.25) is 0 Å². The zero-order chi connectivity index (χ0) is 23.7. The van der Waals surface area contributed by atoms with Gasteiger partial charge in [0.05, 0.1) is 5.52 Å². The van der Waals surface area contributed by atoms with Gasteiger partial charge in [-0.3, -0.25) is 14.2 Å². The number of likely N-dealkylation sites (tertiary alicyclic amines) is 1. The molecule has 3 heterocycles. The number of rotatable bonds is 4. The summed E-state index contributed by atoms with van der Waals surface area (Å²) in [5.41, 5.74) is 2.21. The van der Waals surface area contributed by atoms with Gasteiger partial charge in [-0.05, 0) is 61.7 Å². The standard InChI is InChI=1S/C25H27FN4O4/c26-19-5-7-20(8-6-19)27-12-14-28(15-13-27)23(31)17-30-21-16-18(4-9-22(21)34-25(30)33)24(32)29-10-2-1-3-11-29/h4-9,16H,1-3,10-15,17H2. The molecule has 0 radical (unpaired) electrons. The highest BCUT2D eigenvalue weighted by atomic mass is 19.1. The molecule has 0 bridgehead atoms. The Labute approximate surface area is 196 Å². The summed E-state index contributed by atoms with van der Waals surface area (Å²) in [7, 11) is 0. The van der Waals surface area contributed by atoms with Crippen LogP contribution in [0, 0.1) is 5.82 Å². The number of oxazole rings is 1. The number of carbonyl (C=O) groups excluding carboxylic acids is 2. The predicted octanol–water partition coefficient (Wildman–Crippen LogP) is 2.71. The summed E-state index contributed by atoms with van der Waals surface area (Å²) in [6.45, 7) is 3.55. The van der Waals surface area contributed by atoms with Crippen molar-refractivity contribution in [1.29, 1.82) is 0 Å². The van der Waals surface area contributed by atoms with E-state index < -0.39 is 5.76 Å². The largest absolute Gasteiger partial charge is 0.420 e. The molecule has 178 valence electrons. The number of anilines is 1. The number of fused-ring (bicyclic) bond motifs is 1. The molecule has 34 heavy (non-hydrogen) atoms. The molecule has 0 N–H and O–H groups in total. The molecule has 0 spiro atoms. The third kappa shape index (κ3) is 4.42. The van der Waals surface area contributed by atoms with E-state index in [9.17, 15) is 18.8 Å². The summed E-state index contributed by atoms with van der Waals surface area (Å²) in [6, 6.07) is 11.2. The van der Waals surface area contributed by atoms with E-state index in [2.05, 4.69) is 4.90 Å². The van der Waals surface area contributed by atoms with Crippen LogP contribution in [0.5, 0.6) is 0 Å². The maximum Gasteiger partial charge on any atom is 0.420 e. The molecule has 9 heteroatoms. The lowest BCUT2D eigenvalue weighted by Crippen LogP contribution is -2.50. The van der Waals surface area contributed by atoms with Crippen LogP contribution in [0.25, 0.3) is 11.1 Å². The van der Waals surface area contributed by atoms with Gasteiger partial charge in [0.25, 0.3) is 5.91 Å². The van der Waals surface area contributed by atoms with Crippen LogP contribution < -0.4 is 10.7 Å². The van der Waals surface area contributed by atoms with Gasteiger partial charge in [0.2, 0.25) is 5.91 Å². The first kappa shape index (κ1) is 22.2. The van der Waals surface area contributed by atoms with Gasteiger partial charge >= 0.3 is 5.76 Å². The Morgan fingerprint density at radius 3 is 2.26 bits per heavy atom. The van der Waals surface area contributed by atoms with Crippen molar-refractivity contribution < 1.29 is 18.4 Å². The molecule has 2 aliphatic heterocycles. The van der Waals surface area contributed by atoms with Crippen LogP contribution in [0.15, 0.2) is 51.7 Å². The number of amides is 2. The van der Waals surface area contributed by atoms with Gasteiger partial charge in [-0.1, -0.05) is 0 Å². The molecular weight excluding hydrogens is 439 g/mol. The third-order valence-corrected chi connectivity index (χ3v) is 6.68. The third-order valence-electron chi connectivity index (χ3n) is 6.68. The van der Waals surface area contributed by atoms with E-state index in [1.807, 2.05) is 4.90 Å². The fourth-order valence-corrected chi connectivity index (χ4v) is 4.73. The van der Waals surface area contributed by atoms with Crippen molar-refractivity contribution in [3.05, 3.63) is 64.4 Å². The number of carbonyl (C=O) groups is 2. The molecule has 2 saturated heterocycles. The Bertz CT molecular complexity index is 1250. The first-order valence-corrected chi connectivity index (χ1v) is 11.7. The van der Waals surface area contributed by atoms with E-state index in [-0.39, 0.29) is 24.2 Å². The van der Waals surface area contributed by atoms with Crippen molar-refractivity contribution in [2.75, 3.05) is 44.2 Å². The van der Waals surface area contributed by atoms with Crippen molar-refractivity contribution in [2.24, 2.45) is 0 Å². The van der Waals surface area contributed by atoms with Gasteiger partial charge in [0, 0.05) is 50.5 Å². The first-order valence-electron chi connectivity index (χ1n) is 11.7. The number of nitrogens with zero attached hydrogens (tertiary/aromatic N) is 4. The van der Waals surface area contributed by atoms with E-state index in [0.29, 0.717) is 42.8 Å². The number of halogens is 1. The summed E-state index contributed by atoms with van der Waals surface area (Å²) in [6.07, 6.45) is 3.12. The van der Waals surface area contributed by atoms with E-state index in [4.69, 9.17) is 4.42 Å². The molecule has 0 unspecified atom stereocenters. The molecule has 5 rings (SSSR count). The maximum absolute atomic E-state index is 13.2. The molecule has 0 aliphatic carbocycles. The fraction of sp³-hybridized carbons (Fsp3) is 0.400. The lowest BCUT2D eigenvalue weighted by molar-refractivity contribution is -0.132. The Morgan fingerprint density at radius 2 is 1.56 bits per heavy atom. The summed E-state index contributed by atoms with van der Waals surface area (Å²) in [5, 5.41) is 0. The highest BCUT2D eigenvalue weighted by molar-refractivity contribution is 5.97. The number of hydrogen-bond donors (Lipinski definition) is 0. The number of piperidine rings is 1. The van der Waals surface area contributed by atoms with Crippen LogP contribution in [-0.4, -0.2) is 65.4 Å². The zero-order valence-electron chi connectivity index (χ0n) is 18.9. The minimum atomic E-state index is -0.615. The predicted molar refractivity (Wildman–Crippen MR) is 125 cm³/mol. The minimum absolute atomic E-state index is 0.0648. The average molecular weight is 467 g/mol. The quantitative estimate of drug-likeness (QED) is 0.591. The van der Waals surface area contributed by atoms with E-state index >= 15 is 0 Å². The maximum atomic E-state index is 13.2. The van der Waals surface area contributed by atoms with Gasteiger partial charge in [-0.25, -0.2) is 9.18 Å². The summed E-state index contributed by atoms with van der Waals surface area (Å²) < 4.78 is 19.8. The first-order chi connectivity index (χ1) is 16.5. The van der Waals surface area contributed by atoms with Crippen molar-refractivity contribution >= 4 is 28.6 Å². The van der Waals surface area contributed by atoms with Gasteiger partial charge < -0.3 is 19.1 Å². The Hall–Kier alpha value is -3.62. The highest BCUT2D eigenvalue weighted by Crippen LogP contribution is 2.20. The Balaban J connectivity index is 1.29. The molecule has 2 amide bonds. The van der Waals surface area contributed by atoms with Crippen molar-refractivity contribution in [1.82, 2.24) is 14.4 Å². The number of aromatic nitrogens is 1. The van der Waals surface area contributed by atoms with Gasteiger partial charge in [0.15, 0.2) is 5.58 Å². The Morgan fingerprint density at radius 1 is 0.853 bits per heavy atom. The monoisotopic (exact) mass is 466 g/mol. The summed E-state index contributed by atoms with van der Waals surface area (Å²) in [5.74, 6) is -1.15. The topological polar surface area (TPSA) is 79.0 Å². The van der Waals surface area contributed by atoms with Gasteiger partial charge in [-0.15, -0.1) is 0 Å². The van der Waals surface area contributed by atoms with Crippen LogP contribution in [0.3, 0.4) is 0 Å². The minimum Gasteiger partial charge on any atom is -0.408 e. The van der Waals surface area contributed by atoms with Crippen LogP contribution in [0.4, 0.5) is 10.1 Å². The van der Waals surface area contributed by atoms with E-state index in [1.165, 1.54) is 16.7 Å². The van der Waals surface area contributed by atoms with E-state index in [0.717, 1.165) is 38.0 Å². The van der Waals surface area contributed by atoms with Gasteiger partial charge in [-0.2, -0.15) is 0 Å². The molecule has 2 aliphatic rings. The summed E-state index contributed by atoms with van der Waals surface area (Å²) >= 11 is 0. The lowest BCUT2D eigenvalue weighted by Gasteiger charge is -2.36. The highest BCUT2D eigenvalue weighted by Gasteiger charge is 2.24. The molecular formula is C25H27FN4O4. The van der Waals surface area contributed by atoms with Crippen LogP contribution >= 0.6 is 0 Å². The second-order valence-electron chi connectivity index (χ2n) is 8.83. The molecule has 2 aromatic carbocycles.